The normalized spacial score (nSPS) is 11.2. The van der Waals surface area contributed by atoms with E-state index in [1.807, 2.05) is 0 Å². The smallest absolute Gasteiger partial charge is 0.322 e. The average molecular weight is 281 g/mol. The fraction of sp³-hybridized carbons (Fsp3) is 0.154. The number of pyridine rings is 2. The minimum atomic E-state index is -4.52. The monoisotopic (exact) mass is 281 g/mol. The molecule has 2 rings (SSSR count). The third-order valence-corrected chi connectivity index (χ3v) is 2.56. The lowest BCUT2D eigenvalue weighted by Gasteiger charge is -2.10. The topological polar surface area (TPSA) is 54.9 Å². The Bertz CT molecular complexity index is 627. The minimum Gasteiger partial charge on any atom is -0.322 e. The SMILES string of the molecule is Cc1nc(C(F)(F)F)ccc1C(=O)Nc1ccncc1. The molecule has 104 valence electrons. The van der Waals surface area contributed by atoms with Crippen molar-refractivity contribution in [1.82, 2.24) is 9.97 Å². The fourth-order valence-electron chi connectivity index (χ4n) is 1.59. The number of carbonyl (C=O) groups is 1. The summed E-state index contributed by atoms with van der Waals surface area (Å²) in [6, 6.07) is 5.05. The van der Waals surface area contributed by atoms with Gasteiger partial charge in [-0.05, 0) is 31.2 Å². The second-order valence-corrected chi connectivity index (χ2v) is 4.02. The molecule has 1 amide bonds. The van der Waals surface area contributed by atoms with E-state index >= 15 is 0 Å². The maximum Gasteiger partial charge on any atom is 0.433 e. The van der Waals surface area contributed by atoms with Crippen molar-refractivity contribution in [2.45, 2.75) is 13.1 Å². The van der Waals surface area contributed by atoms with Crippen LogP contribution in [0.4, 0.5) is 18.9 Å². The van der Waals surface area contributed by atoms with E-state index < -0.39 is 17.8 Å². The molecule has 0 aliphatic carbocycles. The van der Waals surface area contributed by atoms with E-state index in [-0.39, 0.29) is 11.3 Å². The fourth-order valence-corrected chi connectivity index (χ4v) is 1.59. The number of hydrogen-bond acceptors (Lipinski definition) is 3. The molecule has 1 N–H and O–H groups in total. The molecule has 0 fully saturated rings. The van der Waals surface area contributed by atoms with Gasteiger partial charge in [-0.25, -0.2) is 4.98 Å². The van der Waals surface area contributed by atoms with Crippen LogP contribution in [0.5, 0.6) is 0 Å². The first kappa shape index (κ1) is 14.0. The summed E-state index contributed by atoms with van der Waals surface area (Å²) in [5.41, 5.74) is -0.402. The number of alkyl halides is 3. The van der Waals surface area contributed by atoms with Gasteiger partial charge >= 0.3 is 6.18 Å². The molecule has 0 saturated heterocycles. The van der Waals surface area contributed by atoms with Gasteiger partial charge in [-0.1, -0.05) is 0 Å². The molecule has 4 nitrogen and oxygen atoms in total. The van der Waals surface area contributed by atoms with Gasteiger partial charge in [-0.15, -0.1) is 0 Å². The largest absolute Gasteiger partial charge is 0.433 e. The first-order valence-electron chi connectivity index (χ1n) is 5.64. The third-order valence-electron chi connectivity index (χ3n) is 2.56. The van der Waals surface area contributed by atoms with E-state index in [4.69, 9.17) is 0 Å². The second kappa shape index (κ2) is 5.28. The maximum absolute atomic E-state index is 12.5. The molecule has 0 spiro atoms. The molecule has 0 bridgehead atoms. The number of aromatic nitrogens is 2. The van der Waals surface area contributed by atoms with Crippen molar-refractivity contribution in [2.24, 2.45) is 0 Å². The van der Waals surface area contributed by atoms with Gasteiger partial charge in [0.2, 0.25) is 0 Å². The number of nitrogens with one attached hydrogen (secondary N) is 1. The first-order chi connectivity index (χ1) is 9.38. The molecule has 20 heavy (non-hydrogen) atoms. The van der Waals surface area contributed by atoms with Crippen LogP contribution in [0.25, 0.3) is 0 Å². The zero-order chi connectivity index (χ0) is 14.8. The number of anilines is 1. The highest BCUT2D eigenvalue weighted by molar-refractivity contribution is 6.04. The summed E-state index contributed by atoms with van der Waals surface area (Å²) in [5, 5.41) is 2.56. The molecule has 0 aliphatic heterocycles. The van der Waals surface area contributed by atoms with Crippen LogP contribution in [-0.4, -0.2) is 15.9 Å². The van der Waals surface area contributed by atoms with Gasteiger partial charge < -0.3 is 5.32 Å². The van der Waals surface area contributed by atoms with E-state index in [1.54, 1.807) is 12.1 Å². The first-order valence-corrected chi connectivity index (χ1v) is 5.64. The summed E-state index contributed by atoms with van der Waals surface area (Å²) in [5.74, 6) is -0.519. The molecule has 0 aromatic carbocycles. The Morgan fingerprint density at radius 3 is 2.35 bits per heavy atom. The van der Waals surface area contributed by atoms with E-state index in [2.05, 4.69) is 15.3 Å². The number of hydrogen-bond donors (Lipinski definition) is 1. The van der Waals surface area contributed by atoms with Gasteiger partial charge in [0.1, 0.15) is 5.69 Å². The van der Waals surface area contributed by atoms with E-state index in [0.29, 0.717) is 5.69 Å². The van der Waals surface area contributed by atoms with Crippen molar-refractivity contribution >= 4 is 11.6 Å². The summed E-state index contributed by atoms with van der Waals surface area (Å²) in [6.07, 6.45) is -1.54. The average Bonchev–Trinajstić information content (AvgIpc) is 2.38. The summed E-state index contributed by atoms with van der Waals surface area (Å²) in [4.78, 5) is 19.1. The standard InChI is InChI=1S/C13H10F3N3O/c1-8-10(2-3-11(18-8)13(14,15)16)12(20)19-9-4-6-17-7-5-9/h2-7H,1H3,(H,17,19,20). The number of aryl methyl sites for hydroxylation is 1. The number of rotatable bonds is 2. The third kappa shape index (κ3) is 3.11. The highest BCUT2D eigenvalue weighted by atomic mass is 19.4. The van der Waals surface area contributed by atoms with E-state index in [9.17, 15) is 18.0 Å². The lowest BCUT2D eigenvalue weighted by molar-refractivity contribution is -0.141. The van der Waals surface area contributed by atoms with Crippen LogP contribution in [0.3, 0.4) is 0 Å². The summed E-state index contributed by atoms with van der Waals surface area (Å²) < 4.78 is 37.4. The molecular formula is C13H10F3N3O. The number of amides is 1. The van der Waals surface area contributed by atoms with Crippen molar-refractivity contribution in [3.8, 4) is 0 Å². The molecule has 0 radical (unpaired) electrons. The van der Waals surface area contributed by atoms with Crippen LogP contribution in [0.15, 0.2) is 36.7 Å². The van der Waals surface area contributed by atoms with Crippen LogP contribution in [0, 0.1) is 6.92 Å². The molecule has 0 saturated carbocycles. The van der Waals surface area contributed by atoms with Crippen LogP contribution in [0.1, 0.15) is 21.7 Å². The van der Waals surface area contributed by atoms with Crippen LogP contribution < -0.4 is 5.32 Å². The highest BCUT2D eigenvalue weighted by Crippen LogP contribution is 2.28. The van der Waals surface area contributed by atoms with Gasteiger partial charge in [0.15, 0.2) is 0 Å². The number of halogens is 3. The van der Waals surface area contributed by atoms with Crippen LogP contribution >= 0.6 is 0 Å². The van der Waals surface area contributed by atoms with E-state index in [1.165, 1.54) is 19.3 Å². The van der Waals surface area contributed by atoms with Crippen LogP contribution in [0.2, 0.25) is 0 Å². The predicted molar refractivity (Wildman–Crippen MR) is 66.2 cm³/mol. The molecule has 2 aromatic rings. The zero-order valence-corrected chi connectivity index (χ0v) is 10.4. The molecule has 0 atom stereocenters. The van der Waals surface area contributed by atoms with Crippen molar-refractivity contribution in [1.29, 1.82) is 0 Å². The summed E-state index contributed by atoms with van der Waals surface area (Å²) >= 11 is 0. The molecular weight excluding hydrogens is 271 g/mol. The zero-order valence-electron chi connectivity index (χ0n) is 10.4. The Morgan fingerprint density at radius 2 is 1.80 bits per heavy atom. The lowest BCUT2D eigenvalue weighted by atomic mass is 10.1. The van der Waals surface area contributed by atoms with Gasteiger partial charge in [0, 0.05) is 18.1 Å². The van der Waals surface area contributed by atoms with Crippen molar-refractivity contribution < 1.29 is 18.0 Å². The van der Waals surface area contributed by atoms with Gasteiger partial charge in [0.25, 0.3) is 5.91 Å². The summed E-state index contributed by atoms with van der Waals surface area (Å²) in [6.45, 7) is 1.36. The Hall–Kier alpha value is -2.44. The van der Waals surface area contributed by atoms with Crippen molar-refractivity contribution in [2.75, 3.05) is 5.32 Å². The number of carbonyl (C=O) groups excluding carboxylic acids is 1. The maximum atomic E-state index is 12.5. The lowest BCUT2D eigenvalue weighted by Crippen LogP contribution is -2.16. The molecule has 2 heterocycles. The molecule has 7 heteroatoms. The van der Waals surface area contributed by atoms with E-state index in [0.717, 1.165) is 12.1 Å². The predicted octanol–water partition coefficient (Wildman–Crippen LogP) is 3.06. The van der Waals surface area contributed by atoms with Crippen molar-refractivity contribution in [3.63, 3.8) is 0 Å². The Balaban J connectivity index is 2.23. The van der Waals surface area contributed by atoms with Gasteiger partial charge in [0.05, 0.1) is 11.3 Å². The Labute approximate surface area is 112 Å². The van der Waals surface area contributed by atoms with Gasteiger partial charge in [-0.3, -0.25) is 9.78 Å². The number of nitrogens with zero attached hydrogens (tertiary/aromatic N) is 2. The Kier molecular flexibility index (Phi) is 3.69. The van der Waals surface area contributed by atoms with Crippen molar-refractivity contribution in [3.05, 3.63) is 53.6 Å². The van der Waals surface area contributed by atoms with Crippen LogP contribution in [-0.2, 0) is 6.18 Å². The molecule has 0 unspecified atom stereocenters. The summed E-state index contributed by atoms with van der Waals surface area (Å²) in [7, 11) is 0. The second-order valence-electron chi connectivity index (χ2n) is 4.02. The Morgan fingerprint density at radius 1 is 1.15 bits per heavy atom. The quantitative estimate of drug-likeness (QED) is 0.920. The molecule has 2 aromatic heterocycles. The minimum absolute atomic E-state index is 0.0198. The molecule has 0 aliphatic rings. The van der Waals surface area contributed by atoms with Gasteiger partial charge in [-0.2, -0.15) is 13.2 Å². The highest BCUT2D eigenvalue weighted by Gasteiger charge is 2.33.